The number of anilines is 1. The first-order valence-electron chi connectivity index (χ1n) is 9.67. The molecule has 1 saturated heterocycles. The van der Waals surface area contributed by atoms with E-state index in [2.05, 4.69) is 27.5 Å². The molecule has 1 aromatic carbocycles. The zero-order valence-electron chi connectivity index (χ0n) is 16.2. The largest absolute Gasteiger partial charge is 0.423 e. The van der Waals surface area contributed by atoms with Crippen LogP contribution in [0.1, 0.15) is 38.0 Å². The van der Waals surface area contributed by atoms with Gasteiger partial charge in [0.15, 0.2) is 0 Å². The van der Waals surface area contributed by atoms with E-state index in [1.807, 2.05) is 17.0 Å². The minimum atomic E-state index is -0.523. The zero-order chi connectivity index (χ0) is 20.2. The van der Waals surface area contributed by atoms with Gasteiger partial charge in [-0.05, 0) is 43.0 Å². The molecule has 1 N–H and O–H groups in total. The molecular formula is C20H21ClN6O2. The van der Waals surface area contributed by atoms with E-state index in [-0.39, 0.29) is 12.1 Å². The highest BCUT2D eigenvalue weighted by molar-refractivity contribution is 6.32. The molecule has 29 heavy (non-hydrogen) atoms. The number of rotatable bonds is 3. The lowest BCUT2D eigenvalue weighted by molar-refractivity contribution is -0.110. The number of piperidine rings is 1. The predicted molar refractivity (Wildman–Crippen MR) is 107 cm³/mol. The van der Waals surface area contributed by atoms with Gasteiger partial charge in [-0.1, -0.05) is 18.5 Å². The molecule has 2 aliphatic rings. The third kappa shape index (κ3) is 2.90. The number of nitrogens with zero attached hydrogens (tertiary/aromatic N) is 5. The number of amides is 2. The van der Waals surface area contributed by atoms with Crippen molar-refractivity contribution < 1.29 is 9.21 Å². The van der Waals surface area contributed by atoms with E-state index in [0.29, 0.717) is 34.1 Å². The molecule has 2 amide bonds. The van der Waals surface area contributed by atoms with Crippen LogP contribution in [0.5, 0.6) is 0 Å². The summed E-state index contributed by atoms with van der Waals surface area (Å²) < 4.78 is 7.42. The standard InChI is InChI=1S/C20H21ClN6O2/c1-12-8-15-11-20(10-12,18-25-24-13(2)29-18)27(15)19(28)23-14-4-5-16(21)17(9-14)26-7-3-6-22-26/h3-7,9,12,15H,8,10-11H2,1-2H3,(H,23,28)/t12-,15-,20+/m0/s1. The number of likely N-dealkylation sites (tertiary alicyclic amines) is 1. The quantitative estimate of drug-likeness (QED) is 0.698. The zero-order valence-corrected chi connectivity index (χ0v) is 16.9. The third-order valence-corrected chi connectivity index (χ3v) is 6.17. The summed E-state index contributed by atoms with van der Waals surface area (Å²) in [4.78, 5) is 15.1. The van der Waals surface area contributed by atoms with Crippen LogP contribution >= 0.6 is 11.6 Å². The minimum absolute atomic E-state index is 0.169. The van der Waals surface area contributed by atoms with Gasteiger partial charge in [-0.2, -0.15) is 5.10 Å². The Morgan fingerprint density at radius 2 is 2.21 bits per heavy atom. The first-order chi connectivity index (χ1) is 14.0. The summed E-state index contributed by atoms with van der Waals surface area (Å²) in [6.45, 7) is 3.97. The highest BCUT2D eigenvalue weighted by Crippen LogP contribution is 2.55. The van der Waals surface area contributed by atoms with Gasteiger partial charge >= 0.3 is 6.03 Å². The first-order valence-corrected chi connectivity index (χ1v) is 10.0. The van der Waals surface area contributed by atoms with Crippen molar-refractivity contribution in [3.63, 3.8) is 0 Å². The van der Waals surface area contributed by atoms with Crippen LogP contribution in [-0.4, -0.2) is 37.0 Å². The molecule has 8 nitrogen and oxygen atoms in total. The van der Waals surface area contributed by atoms with Crippen LogP contribution < -0.4 is 5.32 Å². The molecule has 5 rings (SSSR count). The summed E-state index contributed by atoms with van der Waals surface area (Å²) >= 11 is 6.31. The Labute approximate surface area is 172 Å². The van der Waals surface area contributed by atoms with E-state index in [4.69, 9.17) is 16.0 Å². The number of fused-ring (bicyclic) bond motifs is 2. The normalized spacial score (nSPS) is 25.6. The lowest BCUT2D eigenvalue weighted by Gasteiger charge is -2.61. The van der Waals surface area contributed by atoms with E-state index in [1.54, 1.807) is 36.1 Å². The van der Waals surface area contributed by atoms with Crippen molar-refractivity contribution in [3.8, 4) is 5.69 Å². The topological polar surface area (TPSA) is 89.1 Å². The number of nitrogens with one attached hydrogen (secondary N) is 1. The summed E-state index contributed by atoms with van der Waals surface area (Å²) in [6.07, 6.45) is 6.13. The van der Waals surface area contributed by atoms with Gasteiger partial charge in [0.05, 0.1) is 10.7 Å². The van der Waals surface area contributed by atoms with Gasteiger partial charge in [0, 0.05) is 37.5 Å². The van der Waals surface area contributed by atoms with Crippen molar-refractivity contribution in [1.29, 1.82) is 0 Å². The number of aryl methyl sites for hydroxylation is 1. The molecule has 2 aromatic heterocycles. The van der Waals surface area contributed by atoms with Gasteiger partial charge in [-0.3, -0.25) is 0 Å². The van der Waals surface area contributed by atoms with Gasteiger partial charge < -0.3 is 14.6 Å². The maximum atomic E-state index is 13.3. The third-order valence-electron chi connectivity index (χ3n) is 5.85. The van der Waals surface area contributed by atoms with Crippen molar-refractivity contribution in [3.05, 3.63) is 53.5 Å². The number of benzene rings is 1. The molecular weight excluding hydrogens is 392 g/mol. The number of hydrogen-bond acceptors (Lipinski definition) is 5. The average molecular weight is 413 g/mol. The van der Waals surface area contributed by atoms with Crippen LogP contribution in [0.4, 0.5) is 10.5 Å². The van der Waals surface area contributed by atoms with Crippen LogP contribution in [0.15, 0.2) is 41.1 Å². The number of halogens is 1. The number of carbonyl (C=O) groups excluding carboxylic acids is 1. The minimum Gasteiger partial charge on any atom is -0.423 e. The summed E-state index contributed by atoms with van der Waals surface area (Å²) in [5.74, 6) is 1.53. The Bertz CT molecular complexity index is 1060. The second-order valence-electron chi connectivity index (χ2n) is 7.98. The van der Waals surface area contributed by atoms with Gasteiger partial charge in [0.2, 0.25) is 11.8 Å². The Kier molecular flexibility index (Phi) is 4.13. The molecule has 0 spiro atoms. The average Bonchev–Trinajstić information content (AvgIpc) is 3.34. The lowest BCUT2D eigenvalue weighted by atomic mass is 9.64. The summed E-state index contributed by atoms with van der Waals surface area (Å²) in [7, 11) is 0. The van der Waals surface area contributed by atoms with Crippen molar-refractivity contribution in [2.75, 3.05) is 5.32 Å². The maximum Gasteiger partial charge on any atom is 0.323 e. The fraction of sp³-hybridized carbons (Fsp3) is 0.400. The molecule has 0 radical (unpaired) electrons. The smallest absolute Gasteiger partial charge is 0.323 e. The second kappa shape index (κ2) is 6.59. The van der Waals surface area contributed by atoms with Gasteiger partial charge in [0.25, 0.3) is 0 Å². The first kappa shape index (κ1) is 18.2. The Hall–Kier alpha value is -2.87. The van der Waals surface area contributed by atoms with Crippen molar-refractivity contribution in [1.82, 2.24) is 24.9 Å². The molecule has 1 saturated carbocycles. The summed E-state index contributed by atoms with van der Waals surface area (Å²) in [5.41, 5.74) is 0.833. The Morgan fingerprint density at radius 3 is 2.93 bits per heavy atom. The Morgan fingerprint density at radius 1 is 1.34 bits per heavy atom. The van der Waals surface area contributed by atoms with Crippen molar-refractivity contribution >= 4 is 23.3 Å². The van der Waals surface area contributed by atoms with Crippen LogP contribution in [0.2, 0.25) is 5.02 Å². The predicted octanol–water partition coefficient (Wildman–Crippen LogP) is 4.15. The number of aromatic nitrogens is 4. The van der Waals surface area contributed by atoms with Crippen molar-refractivity contribution in [2.45, 2.75) is 44.7 Å². The van der Waals surface area contributed by atoms with Gasteiger partial charge in [-0.15, -0.1) is 10.2 Å². The fourth-order valence-corrected chi connectivity index (χ4v) is 5.00. The highest BCUT2D eigenvalue weighted by atomic mass is 35.5. The highest BCUT2D eigenvalue weighted by Gasteiger charge is 2.62. The monoisotopic (exact) mass is 412 g/mol. The Balaban J connectivity index is 1.43. The van der Waals surface area contributed by atoms with Crippen LogP contribution in [0, 0.1) is 12.8 Å². The van der Waals surface area contributed by atoms with E-state index in [1.165, 1.54) is 0 Å². The SMILES string of the molecule is Cc1nnc([C@@]23C[C@@H](C)C[C@@H](C2)N3C(=O)Nc2ccc(Cl)c(-n3cccn3)c2)o1. The van der Waals surface area contributed by atoms with Crippen LogP contribution in [-0.2, 0) is 5.54 Å². The molecule has 150 valence electrons. The van der Waals surface area contributed by atoms with E-state index in [0.717, 1.165) is 19.3 Å². The molecule has 2 bridgehead atoms. The van der Waals surface area contributed by atoms with E-state index < -0.39 is 5.54 Å². The lowest BCUT2D eigenvalue weighted by Crippen LogP contribution is -2.70. The molecule has 1 aliphatic carbocycles. The van der Waals surface area contributed by atoms with E-state index in [9.17, 15) is 4.79 Å². The molecule has 0 unspecified atom stereocenters. The second-order valence-corrected chi connectivity index (χ2v) is 8.38. The summed E-state index contributed by atoms with van der Waals surface area (Å²) in [5, 5.41) is 16.0. The number of hydrogen-bond donors (Lipinski definition) is 1. The number of urea groups is 1. The van der Waals surface area contributed by atoms with Crippen LogP contribution in [0.25, 0.3) is 5.69 Å². The fourth-order valence-electron chi connectivity index (χ4n) is 4.79. The van der Waals surface area contributed by atoms with E-state index >= 15 is 0 Å². The van der Waals surface area contributed by atoms with Gasteiger partial charge in [-0.25, -0.2) is 9.48 Å². The molecule has 3 heterocycles. The number of carbonyl (C=O) groups is 1. The summed E-state index contributed by atoms with van der Waals surface area (Å²) in [6, 6.07) is 7.18. The molecule has 9 heteroatoms. The molecule has 3 aromatic rings. The van der Waals surface area contributed by atoms with Crippen molar-refractivity contribution in [2.24, 2.45) is 5.92 Å². The molecule has 2 fully saturated rings. The molecule has 1 aliphatic heterocycles. The van der Waals surface area contributed by atoms with Crippen LogP contribution in [0.3, 0.4) is 0 Å². The maximum absolute atomic E-state index is 13.3. The molecule has 3 atom stereocenters. The van der Waals surface area contributed by atoms with Gasteiger partial charge in [0.1, 0.15) is 5.54 Å².